The number of amides is 3. The van der Waals surface area contributed by atoms with E-state index in [1.54, 1.807) is 25.1 Å². The van der Waals surface area contributed by atoms with Crippen LogP contribution in [0.5, 0.6) is 0 Å². The molecule has 1 saturated heterocycles. The summed E-state index contributed by atoms with van der Waals surface area (Å²) < 4.78 is 4.93. The van der Waals surface area contributed by atoms with Gasteiger partial charge in [0.1, 0.15) is 0 Å². The molecule has 1 heterocycles. The SMILES string of the molecule is CC(=O)C(C(=O)Nc1cc(C)ccc1Cl)N1C(=O)OC(C)(C)C1=O. The molecule has 1 unspecified atom stereocenters. The van der Waals surface area contributed by atoms with Gasteiger partial charge in [-0.2, -0.15) is 0 Å². The van der Waals surface area contributed by atoms with E-state index in [1.807, 2.05) is 0 Å². The van der Waals surface area contributed by atoms with Crippen LogP contribution in [-0.4, -0.2) is 40.2 Å². The maximum absolute atomic E-state index is 12.5. The number of halogens is 1. The Morgan fingerprint density at radius 1 is 1.29 bits per heavy atom. The van der Waals surface area contributed by atoms with Crippen LogP contribution in [0.25, 0.3) is 0 Å². The minimum absolute atomic E-state index is 0.270. The van der Waals surface area contributed by atoms with Crippen molar-refractivity contribution in [2.45, 2.75) is 39.3 Å². The van der Waals surface area contributed by atoms with Gasteiger partial charge in [-0.3, -0.25) is 14.4 Å². The molecule has 128 valence electrons. The number of hydrogen-bond acceptors (Lipinski definition) is 5. The number of nitrogens with zero attached hydrogens (tertiary/aromatic N) is 1. The van der Waals surface area contributed by atoms with Crippen LogP contribution in [0.2, 0.25) is 5.02 Å². The Kier molecular flexibility index (Phi) is 4.66. The molecule has 2 rings (SSSR count). The lowest BCUT2D eigenvalue weighted by molar-refractivity contribution is -0.142. The number of aryl methyl sites for hydroxylation is 1. The molecule has 3 amide bonds. The summed E-state index contributed by atoms with van der Waals surface area (Å²) in [6, 6.07) is 3.34. The molecule has 0 aliphatic carbocycles. The Labute approximate surface area is 143 Å². The van der Waals surface area contributed by atoms with E-state index in [2.05, 4.69) is 5.32 Å². The van der Waals surface area contributed by atoms with Crippen molar-refractivity contribution in [2.24, 2.45) is 0 Å². The highest BCUT2D eigenvalue weighted by atomic mass is 35.5. The van der Waals surface area contributed by atoms with Crippen molar-refractivity contribution in [1.29, 1.82) is 0 Å². The van der Waals surface area contributed by atoms with E-state index < -0.39 is 35.3 Å². The number of ketones is 1. The van der Waals surface area contributed by atoms with Crippen molar-refractivity contribution in [1.82, 2.24) is 4.90 Å². The van der Waals surface area contributed by atoms with Crippen molar-refractivity contribution in [3.8, 4) is 0 Å². The average molecular weight is 353 g/mol. The van der Waals surface area contributed by atoms with Gasteiger partial charge < -0.3 is 10.1 Å². The number of Topliss-reactive ketones (excluding diaryl/α,β-unsaturated/α-hetero) is 1. The van der Waals surface area contributed by atoms with Crippen LogP contribution >= 0.6 is 11.6 Å². The van der Waals surface area contributed by atoms with Crippen LogP contribution in [0, 0.1) is 6.92 Å². The van der Waals surface area contributed by atoms with Crippen LogP contribution in [0.3, 0.4) is 0 Å². The van der Waals surface area contributed by atoms with Gasteiger partial charge >= 0.3 is 6.09 Å². The van der Waals surface area contributed by atoms with Crippen LogP contribution in [-0.2, 0) is 19.1 Å². The van der Waals surface area contributed by atoms with Crippen molar-refractivity contribution in [3.63, 3.8) is 0 Å². The number of ether oxygens (including phenoxy) is 1. The van der Waals surface area contributed by atoms with Crippen molar-refractivity contribution >= 4 is 41.0 Å². The van der Waals surface area contributed by atoms with Crippen LogP contribution in [0.4, 0.5) is 10.5 Å². The first kappa shape index (κ1) is 17.9. The van der Waals surface area contributed by atoms with E-state index in [-0.39, 0.29) is 10.7 Å². The minimum atomic E-state index is -1.62. The molecule has 0 saturated carbocycles. The average Bonchev–Trinajstić information content (AvgIpc) is 2.65. The highest BCUT2D eigenvalue weighted by Gasteiger charge is 2.53. The summed E-state index contributed by atoms with van der Waals surface area (Å²) >= 11 is 6.02. The second-order valence-corrected chi connectivity index (χ2v) is 6.45. The molecule has 1 N–H and O–H groups in total. The van der Waals surface area contributed by atoms with Gasteiger partial charge in [0.25, 0.3) is 11.8 Å². The monoisotopic (exact) mass is 352 g/mol. The summed E-state index contributed by atoms with van der Waals surface area (Å²) in [5.74, 6) is -2.25. The lowest BCUT2D eigenvalue weighted by atomic mass is 10.1. The number of anilines is 1. The molecule has 24 heavy (non-hydrogen) atoms. The Bertz CT molecular complexity index is 744. The molecule has 0 spiro atoms. The fraction of sp³-hybridized carbons (Fsp3) is 0.375. The smallest absolute Gasteiger partial charge is 0.418 e. The highest BCUT2D eigenvalue weighted by Crippen LogP contribution is 2.27. The van der Waals surface area contributed by atoms with E-state index in [4.69, 9.17) is 16.3 Å². The molecule has 1 atom stereocenters. The van der Waals surface area contributed by atoms with E-state index >= 15 is 0 Å². The zero-order valence-corrected chi connectivity index (χ0v) is 14.4. The molecule has 1 fully saturated rings. The van der Waals surface area contributed by atoms with Gasteiger partial charge in [-0.1, -0.05) is 17.7 Å². The molecule has 0 bridgehead atoms. The molecule has 1 aliphatic heterocycles. The topological polar surface area (TPSA) is 92.8 Å². The van der Waals surface area contributed by atoms with Crippen molar-refractivity contribution < 1.29 is 23.9 Å². The number of rotatable bonds is 4. The second-order valence-electron chi connectivity index (χ2n) is 6.04. The largest absolute Gasteiger partial charge is 0.433 e. The zero-order valence-electron chi connectivity index (χ0n) is 13.7. The van der Waals surface area contributed by atoms with E-state index in [1.165, 1.54) is 13.8 Å². The number of nitrogens with one attached hydrogen (secondary N) is 1. The summed E-state index contributed by atoms with van der Waals surface area (Å²) in [7, 11) is 0. The maximum Gasteiger partial charge on any atom is 0.418 e. The molecule has 8 heteroatoms. The Morgan fingerprint density at radius 3 is 2.42 bits per heavy atom. The molecule has 7 nitrogen and oxygen atoms in total. The number of carbonyl (C=O) groups excluding carboxylic acids is 4. The third-order valence-corrected chi connectivity index (χ3v) is 3.87. The quantitative estimate of drug-likeness (QED) is 0.839. The predicted octanol–water partition coefficient (Wildman–Crippen LogP) is 2.30. The van der Waals surface area contributed by atoms with E-state index in [9.17, 15) is 19.2 Å². The molecular weight excluding hydrogens is 336 g/mol. The Hall–Kier alpha value is -2.41. The summed E-state index contributed by atoms with van der Waals surface area (Å²) in [5, 5.41) is 2.75. The van der Waals surface area contributed by atoms with Gasteiger partial charge in [0.15, 0.2) is 17.4 Å². The lowest BCUT2D eigenvalue weighted by Crippen LogP contribution is -2.52. The predicted molar refractivity (Wildman–Crippen MR) is 86.7 cm³/mol. The van der Waals surface area contributed by atoms with Crippen molar-refractivity contribution in [3.05, 3.63) is 28.8 Å². The van der Waals surface area contributed by atoms with Gasteiger partial charge in [0.05, 0.1) is 10.7 Å². The second kappa shape index (κ2) is 6.24. The fourth-order valence-electron chi connectivity index (χ4n) is 2.33. The van der Waals surface area contributed by atoms with Crippen molar-refractivity contribution in [2.75, 3.05) is 5.32 Å². The number of hydrogen-bond donors (Lipinski definition) is 1. The molecule has 1 aromatic carbocycles. The minimum Gasteiger partial charge on any atom is -0.433 e. The third-order valence-electron chi connectivity index (χ3n) is 3.54. The third kappa shape index (κ3) is 3.26. The molecular formula is C16H17ClN2O5. The summed E-state index contributed by atoms with van der Waals surface area (Å²) in [4.78, 5) is 49.2. The van der Waals surface area contributed by atoms with Crippen LogP contribution < -0.4 is 5.32 Å². The molecule has 0 aromatic heterocycles. The van der Waals surface area contributed by atoms with Crippen LogP contribution in [0.1, 0.15) is 26.3 Å². The first-order chi connectivity index (χ1) is 11.0. The van der Waals surface area contributed by atoms with Crippen LogP contribution in [0.15, 0.2) is 18.2 Å². The number of imide groups is 1. The molecule has 1 aliphatic rings. The zero-order chi connectivity index (χ0) is 18.2. The number of carbonyl (C=O) groups is 4. The summed E-state index contributed by atoms with van der Waals surface area (Å²) in [6.45, 7) is 5.70. The first-order valence-electron chi connectivity index (χ1n) is 7.18. The number of cyclic esters (lactones) is 1. The lowest BCUT2D eigenvalue weighted by Gasteiger charge is -2.22. The van der Waals surface area contributed by atoms with E-state index in [0.29, 0.717) is 4.90 Å². The van der Waals surface area contributed by atoms with Gasteiger partial charge in [0.2, 0.25) is 0 Å². The Morgan fingerprint density at radius 2 is 1.92 bits per heavy atom. The van der Waals surface area contributed by atoms with Gasteiger partial charge in [0, 0.05) is 0 Å². The number of benzene rings is 1. The standard InChI is InChI=1S/C16H17ClN2O5/c1-8-5-6-10(17)11(7-8)18-13(21)12(9(2)20)19-14(22)16(3,4)24-15(19)23/h5-7,12H,1-4H3,(H,18,21). The Balaban J connectivity index is 2.33. The first-order valence-corrected chi connectivity index (χ1v) is 7.56. The maximum atomic E-state index is 12.5. The van der Waals surface area contributed by atoms with E-state index in [0.717, 1.165) is 12.5 Å². The normalized spacial score (nSPS) is 17.5. The summed E-state index contributed by atoms with van der Waals surface area (Å²) in [5.41, 5.74) is -0.300. The fourth-order valence-corrected chi connectivity index (χ4v) is 2.49. The van der Waals surface area contributed by atoms with Gasteiger partial charge in [-0.15, -0.1) is 0 Å². The van der Waals surface area contributed by atoms with Gasteiger partial charge in [-0.25, -0.2) is 9.69 Å². The molecule has 0 radical (unpaired) electrons. The summed E-state index contributed by atoms with van der Waals surface area (Å²) in [6.07, 6.45) is -1.03. The van der Waals surface area contributed by atoms with Gasteiger partial charge in [-0.05, 0) is 45.4 Å². The molecule has 1 aromatic rings. The highest BCUT2D eigenvalue weighted by molar-refractivity contribution is 6.34.